The first-order chi connectivity index (χ1) is 7.36. The highest BCUT2D eigenvalue weighted by molar-refractivity contribution is 14.1. The molecule has 0 saturated carbocycles. The molecule has 0 aliphatic heterocycles. The van der Waals surface area contributed by atoms with Gasteiger partial charge in [-0.3, -0.25) is 4.79 Å². The van der Waals surface area contributed by atoms with Crippen molar-refractivity contribution in [3.05, 3.63) is 27.6 Å². The molecule has 1 aromatic rings. The maximum Gasteiger partial charge on any atom is 0.231 e. The summed E-state index contributed by atoms with van der Waals surface area (Å²) in [5.74, 6) is -0.486. The van der Waals surface area contributed by atoms with E-state index in [4.69, 9.17) is 5.73 Å². The van der Waals surface area contributed by atoms with E-state index in [1.807, 2.05) is 22.6 Å². The number of rotatable bonds is 3. The smallest absolute Gasteiger partial charge is 0.231 e. The van der Waals surface area contributed by atoms with Crippen LogP contribution in [0.1, 0.15) is 13.8 Å². The molecular weight excluding hydrogens is 322 g/mol. The number of hydrogen-bond donors (Lipinski definition) is 2. The van der Waals surface area contributed by atoms with E-state index in [0.29, 0.717) is 9.26 Å². The molecule has 0 bridgehead atoms. The van der Waals surface area contributed by atoms with Gasteiger partial charge in [0.25, 0.3) is 0 Å². The van der Waals surface area contributed by atoms with Crippen LogP contribution < -0.4 is 11.1 Å². The zero-order chi connectivity index (χ0) is 12.3. The van der Waals surface area contributed by atoms with Crippen LogP contribution in [0.4, 0.5) is 10.1 Å². The number of benzene rings is 1. The predicted molar refractivity (Wildman–Crippen MR) is 70.6 cm³/mol. The molecule has 16 heavy (non-hydrogen) atoms. The Hall–Kier alpha value is -0.690. The van der Waals surface area contributed by atoms with Crippen LogP contribution in [0.2, 0.25) is 0 Å². The topological polar surface area (TPSA) is 55.1 Å². The summed E-state index contributed by atoms with van der Waals surface area (Å²) in [6.07, 6.45) is 0. The fraction of sp³-hybridized carbons (Fsp3) is 0.364. The van der Waals surface area contributed by atoms with Crippen molar-refractivity contribution in [1.82, 2.24) is 0 Å². The molecule has 5 heteroatoms. The molecule has 3 N–H and O–H groups in total. The summed E-state index contributed by atoms with van der Waals surface area (Å²) < 4.78 is 13.5. The lowest BCUT2D eigenvalue weighted by Crippen LogP contribution is -2.37. The van der Waals surface area contributed by atoms with Crippen molar-refractivity contribution in [1.29, 1.82) is 0 Å². The van der Waals surface area contributed by atoms with E-state index < -0.39 is 5.41 Å². The van der Waals surface area contributed by atoms with Crippen LogP contribution in [-0.2, 0) is 4.79 Å². The van der Waals surface area contributed by atoms with Crippen molar-refractivity contribution in [3.8, 4) is 0 Å². The van der Waals surface area contributed by atoms with Gasteiger partial charge in [-0.1, -0.05) is 0 Å². The lowest BCUT2D eigenvalue weighted by atomic mass is 9.92. The molecule has 1 amide bonds. The second kappa shape index (κ2) is 5.09. The van der Waals surface area contributed by atoms with Gasteiger partial charge in [-0.25, -0.2) is 4.39 Å². The Labute approximate surface area is 108 Å². The number of halogens is 2. The average Bonchev–Trinajstić information content (AvgIpc) is 2.22. The molecule has 0 aliphatic carbocycles. The second-order valence-electron chi connectivity index (χ2n) is 4.17. The van der Waals surface area contributed by atoms with E-state index in [1.54, 1.807) is 19.9 Å². The molecule has 1 rings (SSSR count). The van der Waals surface area contributed by atoms with Crippen molar-refractivity contribution < 1.29 is 9.18 Å². The Kier molecular flexibility index (Phi) is 4.26. The van der Waals surface area contributed by atoms with Gasteiger partial charge in [-0.2, -0.15) is 0 Å². The van der Waals surface area contributed by atoms with Gasteiger partial charge in [0.15, 0.2) is 0 Å². The van der Waals surface area contributed by atoms with Crippen LogP contribution in [0, 0.1) is 14.8 Å². The maximum atomic E-state index is 12.8. The van der Waals surface area contributed by atoms with Crippen molar-refractivity contribution in [2.45, 2.75) is 13.8 Å². The molecule has 0 radical (unpaired) electrons. The standard InChI is InChI=1S/C11H14FIN2O/c1-11(2,6-14)10(16)15-9-4-3-7(12)5-8(9)13/h3-5H,6,14H2,1-2H3,(H,15,16). The van der Waals surface area contributed by atoms with E-state index in [9.17, 15) is 9.18 Å². The first-order valence-corrected chi connectivity index (χ1v) is 5.91. The quantitative estimate of drug-likeness (QED) is 0.833. The molecular formula is C11H14FIN2O. The Bertz CT molecular complexity index is 407. The lowest BCUT2D eigenvalue weighted by Gasteiger charge is -2.21. The number of nitrogens with one attached hydrogen (secondary N) is 1. The van der Waals surface area contributed by atoms with Crippen molar-refractivity contribution in [3.63, 3.8) is 0 Å². The lowest BCUT2D eigenvalue weighted by molar-refractivity contribution is -0.123. The molecule has 0 saturated heterocycles. The number of carbonyl (C=O) groups is 1. The number of nitrogens with two attached hydrogens (primary N) is 1. The number of anilines is 1. The molecule has 3 nitrogen and oxygen atoms in total. The zero-order valence-corrected chi connectivity index (χ0v) is 11.3. The van der Waals surface area contributed by atoms with E-state index in [2.05, 4.69) is 5.32 Å². The molecule has 0 spiro atoms. The molecule has 0 atom stereocenters. The highest BCUT2D eigenvalue weighted by Gasteiger charge is 2.26. The van der Waals surface area contributed by atoms with E-state index >= 15 is 0 Å². The summed E-state index contributed by atoms with van der Waals surface area (Å²) in [6.45, 7) is 3.79. The van der Waals surface area contributed by atoms with Gasteiger partial charge in [-0.15, -0.1) is 0 Å². The van der Waals surface area contributed by atoms with Gasteiger partial charge < -0.3 is 11.1 Å². The van der Waals surface area contributed by atoms with E-state index in [1.165, 1.54) is 12.1 Å². The Morgan fingerprint density at radius 2 is 2.19 bits per heavy atom. The Morgan fingerprint density at radius 1 is 1.56 bits per heavy atom. The summed E-state index contributed by atoms with van der Waals surface area (Å²) in [4.78, 5) is 11.8. The van der Waals surface area contributed by atoms with Crippen LogP contribution in [-0.4, -0.2) is 12.5 Å². The molecule has 0 fully saturated rings. The summed E-state index contributed by atoms with van der Waals surface area (Å²) >= 11 is 1.97. The minimum Gasteiger partial charge on any atom is -0.329 e. The van der Waals surface area contributed by atoms with Crippen LogP contribution >= 0.6 is 22.6 Å². The fourth-order valence-corrected chi connectivity index (χ4v) is 1.59. The first kappa shape index (κ1) is 13.4. The average molecular weight is 336 g/mol. The normalized spacial score (nSPS) is 11.3. The monoisotopic (exact) mass is 336 g/mol. The second-order valence-corrected chi connectivity index (χ2v) is 5.33. The number of hydrogen-bond acceptors (Lipinski definition) is 2. The third-order valence-corrected chi connectivity index (χ3v) is 3.20. The van der Waals surface area contributed by atoms with Gasteiger partial charge >= 0.3 is 0 Å². The third-order valence-electron chi connectivity index (χ3n) is 2.30. The van der Waals surface area contributed by atoms with Crippen LogP contribution in [0.15, 0.2) is 18.2 Å². The number of amides is 1. The first-order valence-electron chi connectivity index (χ1n) is 4.83. The SMILES string of the molecule is CC(C)(CN)C(=O)Nc1ccc(F)cc1I. The van der Waals surface area contributed by atoms with Crippen LogP contribution in [0.25, 0.3) is 0 Å². The molecule has 0 unspecified atom stereocenters. The predicted octanol–water partition coefficient (Wildman–Crippen LogP) is 2.35. The van der Waals surface area contributed by atoms with Gasteiger partial charge in [0.1, 0.15) is 5.82 Å². The molecule has 0 aromatic heterocycles. The third kappa shape index (κ3) is 3.15. The van der Waals surface area contributed by atoms with Crippen molar-refractivity contribution in [2.24, 2.45) is 11.1 Å². The van der Waals surface area contributed by atoms with Crippen LogP contribution in [0.3, 0.4) is 0 Å². The fourth-order valence-electron chi connectivity index (χ4n) is 0.975. The largest absolute Gasteiger partial charge is 0.329 e. The summed E-state index contributed by atoms with van der Waals surface area (Å²) in [6, 6.07) is 4.22. The van der Waals surface area contributed by atoms with E-state index in [0.717, 1.165) is 0 Å². The highest BCUT2D eigenvalue weighted by atomic mass is 127. The van der Waals surface area contributed by atoms with Gasteiger partial charge in [0, 0.05) is 10.1 Å². The molecule has 88 valence electrons. The number of carbonyl (C=O) groups excluding carboxylic acids is 1. The van der Waals surface area contributed by atoms with Gasteiger partial charge in [0.2, 0.25) is 5.91 Å². The molecule has 1 aromatic carbocycles. The minimum atomic E-state index is -0.628. The van der Waals surface area contributed by atoms with Gasteiger partial charge in [-0.05, 0) is 54.6 Å². The Balaban J connectivity index is 2.85. The minimum absolute atomic E-state index is 0.167. The highest BCUT2D eigenvalue weighted by Crippen LogP contribution is 2.22. The van der Waals surface area contributed by atoms with Gasteiger partial charge in [0.05, 0.1) is 11.1 Å². The summed E-state index contributed by atoms with van der Waals surface area (Å²) in [5.41, 5.74) is 5.48. The van der Waals surface area contributed by atoms with Crippen LogP contribution in [0.5, 0.6) is 0 Å². The van der Waals surface area contributed by atoms with E-state index in [-0.39, 0.29) is 18.3 Å². The van der Waals surface area contributed by atoms with Crippen molar-refractivity contribution in [2.75, 3.05) is 11.9 Å². The molecule has 0 heterocycles. The Morgan fingerprint density at radius 3 is 2.69 bits per heavy atom. The zero-order valence-electron chi connectivity index (χ0n) is 9.18. The molecule has 0 aliphatic rings. The summed E-state index contributed by atoms with van der Waals surface area (Å²) in [5, 5.41) is 2.74. The summed E-state index contributed by atoms with van der Waals surface area (Å²) in [7, 11) is 0. The van der Waals surface area contributed by atoms with Crippen molar-refractivity contribution >= 4 is 34.2 Å². The maximum absolute atomic E-state index is 12.8.